The number of benzene rings is 2. The van der Waals surface area contributed by atoms with Crippen LogP contribution in [0.3, 0.4) is 0 Å². The molecule has 0 unspecified atom stereocenters. The fourth-order valence-corrected chi connectivity index (χ4v) is 1.86. The van der Waals surface area contributed by atoms with E-state index < -0.39 is 11.7 Å². The molecule has 0 aliphatic rings. The van der Waals surface area contributed by atoms with Crippen molar-refractivity contribution in [3.05, 3.63) is 65.7 Å². The first-order valence-corrected chi connectivity index (χ1v) is 6.58. The number of para-hydroxylation sites is 1. The summed E-state index contributed by atoms with van der Waals surface area (Å²) in [5, 5.41) is 2.59. The third kappa shape index (κ3) is 3.32. The van der Waals surface area contributed by atoms with Gasteiger partial charge < -0.3 is 5.32 Å². The molecule has 0 aliphatic carbocycles. The smallest absolute Gasteiger partial charge is 0.296 e. The standard InChI is InChI=1S/C17H17NO2/c1-12(2)13-8-10-14(11-9-13)16(19)17(20)18-15-6-4-3-5-7-15/h3-12H,1-2H3,(H,18,20). The van der Waals surface area contributed by atoms with Crippen molar-refractivity contribution in [2.45, 2.75) is 19.8 Å². The average Bonchev–Trinajstić information content (AvgIpc) is 2.47. The van der Waals surface area contributed by atoms with Crippen LogP contribution in [-0.2, 0) is 4.79 Å². The molecule has 102 valence electrons. The predicted molar refractivity (Wildman–Crippen MR) is 79.9 cm³/mol. The highest BCUT2D eigenvalue weighted by Crippen LogP contribution is 2.15. The van der Waals surface area contributed by atoms with Crippen molar-refractivity contribution in [3.63, 3.8) is 0 Å². The lowest BCUT2D eigenvalue weighted by molar-refractivity contribution is -0.112. The molecule has 0 atom stereocenters. The number of hydrogen-bond acceptors (Lipinski definition) is 2. The van der Waals surface area contributed by atoms with E-state index in [1.54, 1.807) is 36.4 Å². The van der Waals surface area contributed by atoms with Gasteiger partial charge in [-0.25, -0.2) is 0 Å². The molecule has 0 bridgehead atoms. The van der Waals surface area contributed by atoms with Gasteiger partial charge in [0.25, 0.3) is 11.7 Å². The van der Waals surface area contributed by atoms with Crippen molar-refractivity contribution in [1.29, 1.82) is 0 Å². The van der Waals surface area contributed by atoms with Crippen LogP contribution in [0.15, 0.2) is 54.6 Å². The van der Waals surface area contributed by atoms with Gasteiger partial charge in [-0.1, -0.05) is 56.3 Å². The van der Waals surface area contributed by atoms with Gasteiger partial charge in [0, 0.05) is 11.3 Å². The Balaban J connectivity index is 2.09. The van der Waals surface area contributed by atoms with E-state index in [0.29, 0.717) is 17.2 Å². The summed E-state index contributed by atoms with van der Waals surface area (Å²) in [4.78, 5) is 23.9. The molecular formula is C17H17NO2. The van der Waals surface area contributed by atoms with E-state index in [1.807, 2.05) is 18.2 Å². The number of carbonyl (C=O) groups is 2. The first kappa shape index (κ1) is 14.0. The highest BCUT2D eigenvalue weighted by atomic mass is 16.2. The number of ketones is 1. The Morgan fingerprint density at radius 1 is 0.900 bits per heavy atom. The van der Waals surface area contributed by atoms with Gasteiger partial charge in [0.2, 0.25) is 0 Å². The van der Waals surface area contributed by atoms with Crippen molar-refractivity contribution in [3.8, 4) is 0 Å². The lowest BCUT2D eigenvalue weighted by atomic mass is 10.0. The minimum atomic E-state index is -0.617. The molecular weight excluding hydrogens is 250 g/mol. The molecule has 0 fully saturated rings. The Morgan fingerprint density at radius 3 is 2.05 bits per heavy atom. The van der Waals surface area contributed by atoms with E-state index in [0.717, 1.165) is 5.56 Å². The maximum atomic E-state index is 12.0. The molecule has 20 heavy (non-hydrogen) atoms. The van der Waals surface area contributed by atoms with Crippen molar-refractivity contribution in [2.75, 3.05) is 5.32 Å². The summed E-state index contributed by atoms with van der Waals surface area (Å²) in [5.74, 6) is -0.741. The molecule has 0 aliphatic heterocycles. The van der Waals surface area contributed by atoms with Gasteiger partial charge in [-0.2, -0.15) is 0 Å². The Kier molecular flexibility index (Phi) is 4.31. The molecule has 0 spiro atoms. The molecule has 0 saturated carbocycles. The van der Waals surface area contributed by atoms with E-state index >= 15 is 0 Å². The third-order valence-electron chi connectivity index (χ3n) is 3.08. The van der Waals surface area contributed by atoms with Gasteiger partial charge in [0.1, 0.15) is 0 Å². The number of nitrogens with one attached hydrogen (secondary N) is 1. The highest BCUT2D eigenvalue weighted by Gasteiger charge is 2.16. The van der Waals surface area contributed by atoms with Gasteiger partial charge in [-0.3, -0.25) is 9.59 Å². The van der Waals surface area contributed by atoms with Gasteiger partial charge in [-0.05, 0) is 23.6 Å². The third-order valence-corrected chi connectivity index (χ3v) is 3.08. The molecule has 3 nitrogen and oxygen atoms in total. The van der Waals surface area contributed by atoms with Crippen LogP contribution in [0.25, 0.3) is 0 Å². The van der Waals surface area contributed by atoms with Gasteiger partial charge in [-0.15, -0.1) is 0 Å². The fraction of sp³-hybridized carbons (Fsp3) is 0.176. The van der Waals surface area contributed by atoms with Crippen molar-refractivity contribution in [1.82, 2.24) is 0 Å². The highest BCUT2D eigenvalue weighted by molar-refractivity contribution is 6.46. The number of anilines is 1. The maximum Gasteiger partial charge on any atom is 0.296 e. The number of rotatable bonds is 4. The van der Waals surface area contributed by atoms with Gasteiger partial charge in [0.05, 0.1) is 0 Å². The van der Waals surface area contributed by atoms with E-state index in [4.69, 9.17) is 0 Å². The summed E-state index contributed by atoms with van der Waals surface area (Å²) >= 11 is 0. The van der Waals surface area contributed by atoms with E-state index in [9.17, 15) is 9.59 Å². The van der Waals surface area contributed by atoms with E-state index in [1.165, 1.54) is 0 Å². The average molecular weight is 267 g/mol. The number of amides is 1. The molecule has 2 aromatic rings. The number of hydrogen-bond donors (Lipinski definition) is 1. The summed E-state index contributed by atoms with van der Waals surface area (Å²) in [6.45, 7) is 4.16. The maximum absolute atomic E-state index is 12.0. The summed E-state index contributed by atoms with van der Waals surface area (Å²) < 4.78 is 0. The SMILES string of the molecule is CC(C)c1ccc(C(=O)C(=O)Nc2ccccc2)cc1. The van der Waals surface area contributed by atoms with Crippen LogP contribution in [0.1, 0.15) is 35.7 Å². The topological polar surface area (TPSA) is 46.2 Å². The second kappa shape index (κ2) is 6.15. The molecule has 1 N–H and O–H groups in total. The Hall–Kier alpha value is -2.42. The minimum absolute atomic E-state index is 0.400. The molecule has 0 heterocycles. The molecule has 0 radical (unpaired) electrons. The van der Waals surface area contributed by atoms with Gasteiger partial charge >= 0.3 is 0 Å². The molecule has 0 aromatic heterocycles. The Morgan fingerprint density at radius 2 is 1.50 bits per heavy atom. The van der Waals surface area contributed by atoms with Crippen LogP contribution in [0.4, 0.5) is 5.69 Å². The van der Waals surface area contributed by atoms with Crippen LogP contribution >= 0.6 is 0 Å². The molecule has 2 rings (SSSR count). The number of Topliss-reactive ketones (excluding diaryl/α,β-unsaturated/α-hetero) is 1. The molecule has 3 heteroatoms. The number of carbonyl (C=O) groups excluding carboxylic acids is 2. The lowest BCUT2D eigenvalue weighted by Crippen LogP contribution is -2.22. The van der Waals surface area contributed by atoms with E-state index in [-0.39, 0.29) is 0 Å². The van der Waals surface area contributed by atoms with Crippen molar-refractivity contribution < 1.29 is 9.59 Å². The summed E-state index contributed by atoms with van der Waals surface area (Å²) in [6, 6.07) is 16.1. The summed E-state index contributed by atoms with van der Waals surface area (Å²) in [7, 11) is 0. The first-order chi connectivity index (χ1) is 9.58. The zero-order valence-corrected chi connectivity index (χ0v) is 11.6. The second-order valence-electron chi connectivity index (χ2n) is 4.93. The van der Waals surface area contributed by atoms with Gasteiger partial charge in [0.15, 0.2) is 0 Å². The van der Waals surface area contributed by atoms with Crippen LogP contribution < -0.4 is 5.32 Å². The summed E-state index contributed by atoms with van der Waals surface area (Å²) in [6.07, 6.45) is 0. The zero-order chi connectivity index (χ0) is 14.5. The summed E-state index contributed by atoms with van der Waals surface area (Å²) in [5.41, 5.74) is 2.16. The molecule has 2 aromatic carbocycles. The fourth-order valence-electron chi connectivity index (χ4n) is 1.86. The zero-order valence-electron chi connectivity index (χ0n) is 11.6. The molecule has 1 amide bonds. The lowest BCUT2D eigenvalue weighted by Gasteiger charge is -2.07. The first-order valence-electron chi connectivity index (χ1n) is 6.58. The monoisotopic (exact) mass is 267 g/mol. The predicted octanol–water partition coefficient (Wildman–Crippen LogP) is 3.63. The van der Waals surface area contributed by atoms with Crippen molar-refractivity contribution >= 4 is 17.4 Å². The van der Waals surface area contributed by atoms with Crippen molar-refractivity contribution in [2.24, 2.45) is 0 Å². The van der Waals surface area contributed by atoms with E-state index in [2.05, 4.69) is 19.2 Å². The Labute approximate surface area is 118 Å². The van der Waals surface area contributed by atoms with Crippen LogP contribution in [0.5, 0.6) is 0 Å². The second-order valence-corrected chi connectivity index (χ2v) is 4.93. The molecule has 0 saturated heterocycles. The Bertz CT molecular complexity index is 601. The minimum Gasteiger partial charge on any atom is -0.319 e. The van der Waals surface area contributed by atoms with Crippen LogP contribution in [0, 0.1) is 0 Å². The van der Waals surface area contributed by atoms with Crippen LogP contribution in [0.2, 0.25) is 0 Å². The largest absolute Gasteiger partial charge is 0.319 e. The normalized spacial score (nSPS) is 10.3. The quantitative estimate of drug-likeness (QED) is 0.679. The van der Waals surface area contributed by atoms with Crippen LogP contribution in [-0.4, -0.2) is 11.7 Å².